The minimum atomic E-state index is -1.49. The Morgan fingerprint density at radius 3 is 2.29 bits per heavy atom. The van der Waals surface area contributed by atoms with Crippen LogP contribution in [0.4, 0.5) is 23.7 Å². The van der Waals surface area contributed by atoms with Crippen molar-refractivity contribution < 1.29 is 27.9 Å². The Bertz CT molecular complexity index is 605. The van der Waals surface area contributed by atoms with E-state index in [2.05, 4.69) is 5.32 Å². The van der Waals surface area contributed by atoms with Crippen molar-refractivity contribution in [2.45, 2.75) is 25.3 Å². The first-order valence-corrected chi connectivity index (χ1v) is 6.21. The van der Waals surface area contributed by atoms with Gasteiger partial charge >= 0.3 is 12.0 Å². The zero-order valence-corrected chi connectivity index (χ0v) is 11.0. The predicted molar refractivity (Wildman–Crippen MR) is 67.2 cm³/mol. The topological polar surface area (TPSA) is 78.4 Å². The zero-order valence-electron chi connectivity index (χ0n) is 11.0. The Labute approximate surface area is 118 Å². The number of aliphatic carboxylic acids is 1. The second kappa shape index (κ2) is 5.27. The van der Waals surface area contributed by atoms with Gasteiger partial charge in [-0.25, -0.2) is 22.8 Å². The Morgan fingerprint density at radius 1 is 1.19 bits per heavy atom. The average molecular weight is 302 g/mol. The van der Waals surface area contributed by atoms with E-state index in [4.69, 9.17) is 5.11 Å². The molecule has 2 amide bonds. The lowest BCUT2D eigenvalue weighted by molar-refractivity contribution is -0.144. The third-order valence-corrected chi connectivity index (χ3v) is 3.47. The fourth-order valence-electron chi connectivity index (χ4n) is 2.00. The van der Waals surface area contributed by atoms with Crippen molar-refractivity contribution in [2.75, 3.05) is 5.32 Å². The first-order valence-electron chi connectivity index (χ1n) is 6.21. The lowest BCUT2D eigenvalue weighted by Gasteiger charge is -2.26. The van der Waals surface area contributed by atoms with Crippen molar-refractivity contribution in [1.82, 2.24) is 5.32 Å². The van der Waals surface area contributed by atoms with E-state index in [1.807, 2.05) is 5.32 Å². The van der Waals surface area contributed by atoms with Crippen LogP contribution in [0.1, 0.15) is 19.8 Å². The molecule has 0 saturated heterocycles. The number of anilines is 1. The van der Waals surface area contributed by atoms with E-state index in [0.717, 1.165) is 0 Å². The Morgan fingerprint density at radius 2 is 1.76 bits per heavy atom. The third kappa shape index (κ3) is 3.09. The van der Waals surface area contributed by atoms with Crippen LogP contribution in [-0.2, 0) is 4.79 Å². The number of hydrogen-bond acceptors (Lipinski definition) is 2. The molecular formula is C13H13F3N2O3. The fourth-order valence-corrected chi connectivity index (χ4v) is 2.00. The number of carboxylic acids is 1. The second-order valence-electron chi connectivity index (χ2n) is 5.11. The molecule has 5 nitrogen and oxygen atoms in total. The van der Waals surface area contributed by atoms with Crippen molar-refractivity contribution in [3.63, 3.8) is 0 Å². The molecule has 1 aliphatic carbocycles. The van der Waals surface area contributed by atoms with Gasteiger partial charge in [-0.1, -0.05) is 0 Å². The van der Waals surface area contributed by atoms with Crippen LogP contribution < -0.4 is 10.6 Å². The maximum atomic E-state index is 13.4. The number of carboxylic acid groups (broad SMARTS) is 1. The summed E-state index contributed by atoms with van der Waals surface area (Å²) in [7, 11) is 0. The van der Waals surface area contributed by atoms with Crippen LogP contribution in [0, 0.1) is 23.4 Å². The predicted octanol–water partition coefficient (Wildman–Crippen LogP) is 2.48. The van der Waals surface area contributed by atoms with Gasteiger partial charge in [0.15, 0.2) is 11.6 Å². The van der Waals surface area contributed by atoms with Crippen molar-refractivity contribution in [3.05, 3.63) is 29.6 Å². The quantitative estimate of drug-likeness (QED) is 0.748. The summed E-state index contributed by atoms with van der Waals surface area (Å²) >= 11 is 0. The van der Waals surface area contributed by atoms with Crippen LogP contribution in [-0.4, -0.2) is 22.6 Å². The molecule has 0 radical (unpaired) electrons. The number of nitrogens with one attached hydrogen (secondary N) is 2. The number of amides is 2. The lowest BCUT2D eigenvalue weighted by Crippen LogP contribution is -2.55. The molecule has 0 spiro atoms. The van der Waals surface area contributed by atoms with E-state index >= 15 is 0 Å². The molecule has 1 atom stereocenters. The van der Waals surface area contributed by atoms with Gasteiger partial charge in [0.05, 0.1) is 5.69 Å². The summed E-state index contributed by atoms with van der Waals surface area (Å²) in [4.78, 5) is 23.0. The lowest BCUT2D eigenvalue weighted by atomic mass is 9.96. The van der Waals surface area contributed by atoms with Crippen LogP contribution >= 0.6 is 0 Å². The molecule has 114 valence electrons. The first-order chi connectivity index (χ1) is 9.74. The van der Waals surface area contributed by atoms with Gasteiger partial charge < -0.3 is 15.7 Å². The average Bonchev–Trinajstić information content (AvgIpc) is 3.19. The molecule has 1 fully saturated rings. The van der Waals surface area contributed by atoms with Gasteiger partial charge in [-0.3, -0.25) is 0 Å². The highest BCUT2D eigenvalue weighted by molar-refractivity contribution is 5.94. The number of rotatable bonds is 4. The van der Waals surface area contributed by atoms with Gasteiger partial charge in [0.2, 0.25) is 0 Å². The summed E-state index contributed by atoms with van der Waals surface area (Å²) < 4.78 is 39.2. The first kappa shape index (κ1) is 15.1. The van der Waals surface area contributed by atoms with Gasteiger partial charge in [-0.2, -0.15) is 0 Å². The monoisotopic (exact) mass is 302 g/mol. The molecular weight excluding hydrogens is 289 g/mol. The third-order valence-electron chi connectivity index (χ3n) is 3.47. The standard InChI is InChI=1S/C13H13F3N2O3/c1-13(11(19)20,6-2-3-6)18-12(21)17-10-5-8(15)7(14)4-9(10)16/h4-6H,2-3H2,1H3,(H,19,20)(H2,17,18,21). The minimum Gasteiger partial charge on any atom is -0.480 e. The van der Waals surface area contributed by atoms with Gasteiger partial charge in [0.1, 0.15) is 11.4 Å². The highest BCUT2D eigenvalue weighted by Crippen LogP contribution is 2.39. The van der Waals surface area contributed by atoms with Crippen LogP contribution in [0.5, 0.6) is 0 Å². The van der Waals surface area contributed by atoms with Crippen LogP contribution in [0.3, 0.4) is 0 Å². The van der Waals surface area contributed by atoms with Crippen molar-refractivity contribution in [1.29, 1.82) is 0 Å². The highest BCUT2D eigenvalue weighted by Gasteiger charge is 2.48. The summed E-state index contributed by atoms with van der Waals surface area (Å²) in [6, 6.07) is -0.224. The Hall–Kier alpha value is -2.25. The Kier molecular flexibility index (Phi) is 3.80. The van der Waals surface area contributed by atoms with E-state index in [9.17, 15) is 22.8 Å². The molecule has 1 unspecified atom stereocenters. The zero-order chi connectivity index (χ0) is 15.8. The van der Waals surface area contributed by atoms with Crippen LogP contribution in [0.25, 0.3) is 0 Å². The number of benzene rings is 1. The number of carbonyl (C=O) groups excluding carboxylic acids is 1. The number of urea groups is 1. The van der Waals surface area contributed by atoms with Crippen molar-refractivity contribution in [3.8, 4) is 0 Å². The van der Waals surface area contributed by atoms with E-state index in [0.29, 0.717) is 25.0 Å². The van der Waals surface area contributed by atoms with Gasteiger partial charge in [0, 0.05) is 12.1 Å². The van der Waals surface area contributed by atoms with Crippen molar-refractivity contribution in [2.24, 2.45) is 5.92 Å². The Balaban J connectivity index is 2.11. The van der Waals surface area contributed by atoms with E-state index in [-0.39, 0.29) is 5.92 Å². The van der Waals surface area contributed by atoms with E-state index in [1.165, 1.54) is 6.92 Å². The second-order valence-corrected chi connectivity index (χ2v) is 5.11. The summed E-state index contributed by atoms with van der Waals surface area (Å²) in [5.74, 6) is -5.30. The smallest absolute Gasteiger partial charge is 0.329 e. The maximum absolute atomic E-state index is 13.4. The summed E-state index contributed by atoms with van der Waals surface area (Å²) in [5, 5.41) is 13.4. The van der Waals surface area contributed by atoms with E-state index in [1.54, 1.807) is 0 Å². The minimum absolute atomic E-state index is 0.212. The highest BCUT2D eigenvalue weighted by atomic mass is 19.2. The molecule has 0 aromatic heterocycles. The number of halogens is 3. The number of hydrogen-bond donors (Lipinski definition) is 3. The molecule has 1 aromatic rings. The number of carbonyl (C=O) groups is 2. The molecule has 1 aromatic carbocycles. The van der Waals surface area contributed by atoms with Crippen LogP contribution in [0.15, 0.2) is 12.1 Å². The van der Waals surface area contributed by atoms with Crippen LogP contribution in [0.2, 0.25) is 0 Å². The maximum Gasteiger partial charge on any atom is 0.329 e. The summed E-state index contributed by atoms with van der Waals surface area (Å²) in [6.07, 6.45) is 1.31. The normalized spacial score (nSPS) is 17.0. The molecule has 0 aliphatic heterocycles. The molecule has 1 aliphatic rings. The molecule has 0 bridgehead atoms. The van der Waals surface area contributed by atoms with Gasteiger partial charge in [-0.05, 0) is 25.7 Å². The SMILES string of the molecule is CC(NC(=O)Nc1cc(F)c(F)cc1F)(C(=O)O)C1CC1. The molecule has 1 saturated carbocycles. The summed E-state index contributed by atoms with van der Waals surface area (Å²) in [6.45, 7) is 1.34. The molecule has 8 heteroatoms. The van der Waals surface area contributed by atoms with Crippen molar-refractivity contribution >= 4 is 17.7 Å². The molecule has 21 heavy (non-hydrogen) atoms. The summed E-state index contributed by atoms with van der Waals surface area (Å²) in [5.41, 5.74) is -2.06. The van der Waals surface area contributed by atoms with Gasteiger partial charge in [-0.15, -0.1) is 0 Å². The van der Waals surface area contributed by atoms with Gasteiger partial charge in [0.25, 0.3) is 0 Å². The molecule has 3 N–H and O–H groups in total. The van der Waals surface area contributed by atoms with E-state index < -0.39 is 40.7 Å². The molecule has 0 heterocycles. The molecule has 2 rings (SSSR count). The largest absolute Gasteiger partial charge is 0.480 e. The fraction of sp³-hybridized carbons (Fsp3) is 0.385.